The van der Waals surface area contributed by atoms with Gasteiger partial charge in [0.1, 0.15) is 12.5 Å². The molecule has 0 aliphatic rings. The van der Waals surface area contributed by atoms with Gasteiger partial charge in [0.2, 0.25) is 0 Å². The van der Waals surface area contributed by atoms with Crippen LogP contribution in [0.15, 0.2) is 16.9 Å². The molecule has 0 aliphatic carbocycles. The van der Waals surface area contributed by atoms with Gasteiger partial charge in [0, 0.05) is 0 Å². The van der Waals surface area contributed by atoms with Crippen LogP contribution >= 0.6 is 0 Å². The van der Waals surface area contributed by atoms with Crippen molar-refractivity contribution in [3.05, 3.63) is 12.5 Å². The summed E-state index contributed by atoms with van der Waals surface area (Å²) in [6.07, 6.45) is 5.11. The molecule has 3 nitrogen and oxygen atoms in total. The Hall–Kier alpha value is -1.12. The maximum absolute atomic E-state index is 5.40. The van der Waals surface area contributed by atoms with E-state index in [4.69, 9.17) is 13.9 Å². The third-order valence-electron chi connectivity index (χ3n) is 1.52. The molecule has 0 fully saturated rings. The summed E-state index contributed by atoms with van der Waals surface area (Å²) in [7, 11) is 0. The van der Waals surface area contributed by atoms with Gasteiger partial charge in [-0.2, -0.15) is 0 Å². The normalized spacial score (nSPS) is 10.0. The molecular weight excluding hydrogens is 168 g/mol. The number of hydrogen-bond acceptors (Lipinski definition) is 3. The van der Waals surface area contributed by atoms with Gasteiger partial charge in [0.25, 0.3) is 0 Å². The van der Waals surface area contributed by atoms with Gasteiger partial charge in [-0.05, 0) is 12.8 Å². The predicted molar refractivity (Wildman–Crippen MR) is 50.3 cm³/mol. The minimum Gasteiger partial charge on any atom is -0.487 e. The lowest BCUT2D eigenvalue weighted by atomic mass is 10.5. The Morgan fingerprint density at radius 2 is 1.46 bits per heavy atom. The summed E-state index contributed by atoms with van der Waals surface area (Å²) >= 11 is 0. The number of hydrogen-bond donors (Lipinski definition) is 0. The molecule has 1 heterocycles. The van der Waals surface area contributed by atoms with E-state index in [0.29, 0.717) is 24.7 Å². The van der Waals surface area contributed by atoms with E-state index in [2.05, 4.69) is 13.8 Å². The van der Waals surface area contributed by atoms with Gasteiger partial charge >= 0.3 is 0 Å². The zero-order valence-electron chi connectivity index (χ0n) is 8.21. The van der Waals surface area contributed by atoms with Crippen molar-refractivity contribution in [2.24, 2.45) is 0 Å². The van der Waals surface area contributed by atoms with Crippen LogP contribution in [0, 0.1) is 0 Å². The van der Waals surface area contributed by atoms with Crippen molar-refractivity contribution in [1.29, 1.82) is 0 Å². The van der Waals surface area contributed by atoms with Gasteiger partial charge in [-0.3, -0.25) is 0 Å². The fraction of sp³-hybridized carbons (Fsp3) is 0.600. The quantitative estimate of drug-likeness (QED) is 0.681. The van der Waals surface area contributed by atoms with Crippen molar-refractivity contribution < 1.29 is 13.9 Å². The molecule has 0 spiro atoms. The van der Waals surface area contributed by atoms with Gasteiger partial charge in [-0.15, -0.1) is 0 Å². The average Bonchev–Trinajstić information content (AvgIpc) is 2.59. The number of furan rings is 1. The zero-order valence-corrected chi connectivity index (χ0v) is 8.21. The SMILES string of the molecule is CCCOc1cocc1OCCC. The summed E-state index contributed by atoms with van der Waals surface area (Å²) in [5.74, 6) is 1.41. The van der Waals surface area contributed by atoms with Crippen LogP contribution in [0.2, 0.25) is 0 Å². The Morgan fingerprint density at radius 1 is 1.00 bits per heavy atom. The molecule has 0 unspecified atom stereocenters. The van der Waals surface area contributed by atoms with E-state index >= 15 is 0 Å². The lowest BCUT2D eigenvalue weighted by Gasteiger charge is -2.05. The molecule has 1 aromatic heterocycles. The van der Waals surface area contributed by atoms with Crippen LogP contribution < -0.4 is 9.47 Å². The van der Waals surface area contributed by atoms with Crippen molar-refractivity contribution in [2.45, 2.75) is 26.7 Å². The smallest absolute Gasteiger partial charge is 0.199 e. The highest BCUT2D eigenvalue weighted by Crippen LogP contribution is 2.28. The second-order valence-corrected chi connectivity index (χ2v) is 2.80. The molecule has 0 atom stereocenters. The van der Waals surface area contributed by atoms with Crippen molar-refractivity contribution in [3.8, 4) is 11.5 Å². The van der Waals surface area contributed by atoms with Gasteiger partial charge in [0.05, 0.1) is 13.2 Å². The molecule has 0 radical (unpaired) electrons. The largest absolute Gasteiger partial charge is 0.487 e. The van der Waals surface area contributed by atoms with E-state index in [-0.39, 0.29) is 0 Å². The Balaban J connectivity index is 2.45. The fourth-order valence-electron chi connectivity index (χ4n) is 0.908. The summed E-state index contributed by atoms with van der Waals surface area (Å²) in [5.41, 5.74) is 0. The molecule has 0 amide bonds. The van der Waals surface area contributed by atoms with Gasteiger partial charge < -0.3 is 13.9 Å². The minimum atomic E-state index is 0.696. The molecule has 0 aliphatic heterocycles. The molecule has 0 saturated carbocycles. The fourth-order valence-corrected chi connectivity index (χ4v) is 0.908. The second kappa shape index (κ2) is 5.51. The standard InChI is InChI=1S/C10H16O3/c1-3-5-12-9-7-11-8-10(9)13-6-4-2/h7-8H,3-6H2,1-2H3. The molecule has 3 heteroatoms. The lowest BCUT2D eigenvalue weighted by molar-refractivity contribution is 0.270. The van der Waals surface area contributed by atoms with Crippen LogP contribution in [0.4, 0.5) is 0 Å². The first-order valence-electron chi connectivity index (χ1n) is 4.70. The Kier molecular flexibility index (Phi) is 4.23. The molecular formula is C10H16O3. The van der Waals surface area contributed by atoms with Gasteiger partial charge in [-0.25, -0.2) is 0 Å². The molecule has 13 heavy (non-hydrogen) atoms. The topological polar surface area (TPSA) is 31.6 Å². The summed E-state index contributed by atoms with van der Waals surface area (Å²) in [5, 5.41) is 0. The number of ether oxygens (including phenoxy) is 2. The van der Waals surface area contributed by atoms with Crippen LogP contribution in [0.3, 0.4) is 0 Å². The van der Waals surface area contributed by atoms with Crippen LogP contribution in [0.25, 0.3) is 0 Å². The molecule has 0 N–H and O–H groups in total. The maximum Gasteiger partial charge on any atom is 0.199 e. The van der Waals surface area contributed by atoms with E-state index in [1.807, 2.05) is 0 Å². The molecule has 74 valence electrons. The molecule has 1 aromatic rings. The van der Waals surface area contributed by atoms with E-state index in [9.17, 15) is 0 Å². The Bertz CT molecular complexity index is 207. The van der Waals surface area contributed by atoms with E-state index in [1.54, 1.807) is 12.5 Å². The summed E-state index contributed by atoms with van der Waals surface area (Å²) in [4.78, 5) is 0. The summed E-state index contributed by atoms with van der Waals surface area (Å²) in [6.45, 7) is 5.52. The van der Waals surface area contributed by atoms with Crippen molar-refractivity contribution in [1.82, 2.24) is 0 Å². The van der Waals surface area contributed by atoms with Crippen molar-refractivity contribution >= 4 is 0 Å². The highest BCUT2D eigenvalue weighted by atomic mass is 16.5. The minimum absolute atomic E-state index is 0.696. The van der Waals surface area contributed by atoms with E-state index in [0.717, 1.165) is 12.8 Å². The maximum atomic E-state index is 5.40. The van der Waals surface area contributed by atoms with E-state index < -0.39 is 0 Å². The van der Waals surface area contributed by atoms with E-state index in [1.165, 1.54) is 0 Å². The van der Waals surface area contributed by atoms with Crippen LogP contribution in [0.5, 0.6) is 11.5 Å². The Labute approximate surface area is 78.6 Å². The third kappa shape index (κ3) is 3.01. The van der Waals surface area contributed by atoms with Gasteiger partial charge in [-0.1, -0.05) is 13.8 Å². The average molecular weight is 184 g/mol. The summed E-state index contributed by atoms with van der Waals surface area (Å²) in [6, 6.07) is 0. The molecule has 1 rings (SSSR count). The lowest BCUT2D eigenvalue weighted by Crippen LogP contribution is -1.98. The molecule has 0 saturated heterocycles. The highest BCUT2D eigenvalue weighted by molar-refractivity contribution is 5.34. The highest BCUT2D eigenvalue weighted by Gasteiger charge is 2.06. The second-order valence-electron chi connectivity index (χ2n) is 2.80. The first kappa shape index (κ1) is 9.96. The monoisotopic (exact) mass is 184 g/mol. The first-order chi connectivity index (χ1) is 6.38. The zero-order chi connectivity index (χ0) is 9.52. The number of rotatable bonds is 6. The summed E-state index contributed by atoms with van der Waals surface area (Å²) < 4.78 is 15.8. The van der Waals surface area contributed by atoms with Crippen LogP contribution in [-0.2, 0) is 0 Å². The van der Waals surface area contributed by atoms with Crippen LogP contribution in [0.1, 0.15) is 26.7 Å². The Morgan fingerprint density at radius 3 is 1.85 bits per heavy atom. The first-order valence-corrected chi connectivity index (χ1v) is 4.70. The van der Waals surface area contributed by atoms with Crippen molar-refractivity contribution in [2.75, 3.05) is 13.2 Å². The van der Waals surface area contributed by atoms with Crippen molar-refractivity contribution in [3.63, 3.8) is 0 Å². The third-order valence-corrected chi connectivity index (χ3v) is 1.52. The molecule has 0 aromatic carbocycles. The van der Waals surface area contributed by atoms with Crippen LogP contribution in [-0.4, -0.2) is 13.2 Å². The predicted octanol–water partition coefficient (Wildman–Crippen LogP) is 2.86. The molecule has 0 bridgehead atoms. The van der Waals surface area contributed by atoms with Gasteiger partial charge in [0.15, 0.2) is 11.5 Å².